The van der Waals surface area contributed by atoms with Crippen molar-refractivity contribution >= 4 is 45.5 Å². The zero-order valence-corrected chi connectivity index (χ0v) is 25.4. The van der Waals surface area contributed by atoms with Gasteiger partial charge in [0.1, 0.15) is 17.3 Å². The maximum Gasteiger partial charge on any atom is 0.135 e. The molecule has 1 aliphatic carbocycles. The van der Waals surface area contributed by atoms with Crippen LogP contribution in [0.1, 0.15) is 41.5 Å². The number of para-hydroxylation sites is 2. The van der Waals surface area contributed by atoms with Gasteiger partial charge in [0.15, 0.2) is 0 Å². The maximum absolute atomic E-state index is 6.59. The Morgan fingerprint density at radius 3 is 2.39 bits per heavy atom. The molecule has 0 amide bonds. The minimum absolute atomic E-state index is 0.498. The summed E-state index contributed by atoms with van der Waals surface area (Å²) in [6.07, 6.45) is 16.2. The Hall–Kier alpha value is -5.87. The van der Waals surface area contributed by atoms with Crippen LogP contribution in [0.4, 0.5) is 0 Å². The van der Waals surface area contributed by atoms with Crippen LogP contribution in [0.2, 0.25) is 0 Å². The molecule has 46 heavy (non-hydrogen) atoms. The zero-order chi connectivity index (χ0) is 30.9. The number of aromatic nitrogens is 1. The number of nitrogens with zero attached hydrogens (tertiary/aromatic N) is 2. The van der Waals surface area contributed by atoms with Crippen LogP contribution in [0.15, 0.2) is 150 Å². The van der Waals surface area contributed by atoms with Crippen molar-refractivity contribution < 1.29 is 4.74 Å². The first-order valence-electron chi connectivity index (χ1n) is 15.8. The molecule has 2 aliphatic rings. The van der Waals surface area contributed by atoms with Crippen LogP contribution >= 0.6 is 0 Å². The second-order valence-electron chi connectivity index (χ2n) is 11.7. The lowest BCUT2D eigenvalue weighted by Crippen LogP contribution is -2.13. The average molecular weight is 596 g/mol. The molecule has 6 aromatic rings. The summed E-state index contributed by atoms with van der Waals surface area (Å²) in [4.78, 5) is 5.01. The van der Waals surface area contributed by atoms with E-state index in [2.05, 4.69) is 108 Å². The van der Waals surface area contributed by atoms with E-state index in [1.807, 2.05) is 48.5 Å². The Balaban J connectivity index is 1.27. The van der Waals surface area contributed by atoms with E-state index < -0.39 is 0 Å². The number of hydrogen-bond acceptors (Lipinski definition) is 2. The SMILES string of the molecule is NC(=N/C(=C\CC1=CCCC=C1)c1cccc(-n2c3ccccc3c3cc4c(cc32)C=Cc2ccccc2O4)c1)c1ccccc1. The van der Waals surface area contributed by atoms with Crippen LogP contribution in [0.25, 0.3) is 45.3 Å². The maximum atomic E-state index is 6.59. The van der Waals surface area contributed by atoms with Gasteiger partial charge in [-0.3, -0.25) is 0 Å². The predicted octanol–water partition coefficient (Wildman–Crippen LogP) is 10.5. The standard InChI is InChI=1S/C42H33N3O/c43-42(31-15-5-2-6-16-31)44-37(25-22-29-12-3-1-4-13-29)32-17-11-18-34(26-32)45-38-20-9-8-19-35(38)36-28-41-33(27-39(36)45)24-23-30-14-7-10-21-40(30)46-41/h2-3,5-21,23-28H,1,4,22H2,(H2,43,44)/b37-25-. The van der Waals surface area contributed by atoms with Crippen LogP contribution < -0.4 is 10.5 Å². The fourth-order valence-electron chi connectivity index (χ4n) is 6.39. The van der Waals surface area contributed by atoms with Crippen molar-refractivity contribution in [3.05, 3.63) is 167 Å². The van der Waals surface area contributed by atoms with Gasteiger partial charge in [-0.15, -0.1) is 0 Å². The normalized spacial score (nSPS) is 14.5. The summed E-state index contributed by atoms with van der Waals surface area (Å²) >= 11 is 0. The van der Waals surface area contributed by atoms with Crippen LogP contribution in [-0.2, 0) is 0 Å². The highest BCUT2D eigenvalue weighted by atomic mass is 16.5. The highest BCUT2D eigenvalue weighted by Gasteiger charge is 2.18. The Bertz CT molecular complexity index is 2260. The lowest BCUT2D eigenvalue weighted by atomic mass is 10.0. The average Bonchev–Trinajstić information content (AvgIpc) is 3.31. The molecule has 0 bridgehead atoms. The molecule has 2 heterocycles. The molecule has 0 atom stereocenters. The Morgan fingerprint density at radius 1 is 0.696 bits per heavy atom. The lowest BCUT2D eigenvalue weighted by Gasteiger charge is -2.13. The molecule has 4 nitrogen and oxygen atoms in total. The number of nitrogens with two attached hydrogens (primary N) is 1. The summed E-state index contributed by atoms with van der Waals surface area (Å²) in [5.41, 5.74) is 16.1. The van der Waals surface area contributed by atoms with Gasteiger partial charge >= 0.3 is 0 Å². The van der Waals surface area contributed by atoms with Gasteiger partial charge in [-0.05, 0) is 61.2 Å². The lowest BCUT2D eigenvalue weighted by molar-refractivity contribution is 0.482. The number of allylic oxidation sites excluding steroid dienone is 5. The molecule has 1 aromatic heterocycles. The Morgan fingerprint density at radius 2 is 1.50 bits per heavy atom. The smallest absolute Gasteiger partial charge is 0.135 e. The molecule has 0 saturated heterocycles. The van der Waals surface area contributed by atoms with Gasteiger partial charge in [0, 0.05) is 38.7 Å². The number of aliphatic imine (C=N–C) groups is 1. The second-order valence-corrected chi connectivity index (χ2v) is 11.7. The summed E-state index contributed by atoms with van der Waals surface area (Å²) in [6.45, 7) is 0. The topological polar surface area (TPSA) is 52.5 Å². The van der Waals surface area contributed by atoms with Gasteiger partial charge in [0.05, 0.1) is 16.7 Å². The summed E-state index contributed by atoms with van der Waals surface area (Å²) in [5.74, 6) is 2.22. The molecular formula is C42H33N3O. The van der Waals surface area contributed by atoms with E-state index in [-0.39, 0.29) is 0 Å². The molecule has 1 aliphatic heterocycles. The first kappa shape index (κ1) is 27.7. The minimum atomic E-state index is 0.498. The van der Waals surface area contributed by atoms with Crippen LogP contribution in [0, 0.1) is 0 Å². The largest absolute Gasteiger partial charge is 0.456 e. The van der Waals surface area contributed by atoms with E-state index in [1.54, 1.807) is 0 Å². The fraction of sp³-hybridized carbons (Fsp3) is 0.0714. The third-order valence-corrected chi connectivity index (χ3v) is 8.70. The summed E-state index contributed by atoms with van der Waals surface area (Å²) in [6, 6.07) is 39.7. The summed E-state index contributed by atoms with van der Waals surface area (Å²) in [5, 5.41) is 2.32. The summed E-state index contributed by atoms with van der Waals surface area (Å²) < 4.78 is 8.80. The summed E-state index contributed by atoms with van der Waals surface area (Å²) in [7, 11) is 0. The van der Waals surface area contributed by atoms with Gasteiger partial charge in [0.2, 0.25) is 0 Å². The number of ether oxygens (including phenoxy) is 1. The number of benzene rings is 5. The van der Waals surface area contributed by atoms with E-state index in [1.165, 1.54) is 11.0 Å². The number of amidine groups is 1. The van der Waals surface area contributed by atoms with Gasteiger partial charge in [-0.2, -0.15) is 0 Å². The molecule has 8 rings (SSSR count). The fourth-order valence-corrected chi connectivity index (χ4v) is 6.39. The van der Waals surface area contributed by atoms with Crippen molar-refractivity contribution in [3.8, 4) is 17.2 Å². The van der Waals surface area contributed by atoms with Gasteiger partial charge in [-0.1, -0.05) is 115 Å². The van der Waals surface area contributed by atoms with Crippen LogP contribution in [0.3, 0.4) is 0 Å². The highest BCUT2D eigenvalue weighted by molar-refractivity contribution is 6.11. The van der Waals surface area contributed by atoms with Crippen molar-refractivity contribution in [2.24, 2.45) is 10.7 Å². The van der Waals surface area contributed by atoms with Crippen molar-refractivity contribution in [2.45, 2.75) is 19.3 Å². The third-order valence-electron chi connectivity index (χ3n) is 8.70. The zero-order valence-electron chi connectivity index (χ0n) is 25.4. The number of fused-ring (bicyclic) bond motifs is 5. The Labute approximate surface area is 268 Å². The molecule has 0 saturated carbocycles. The molecule has 4 heteroatoms. The minimum Gasteiger partial charge on any atom is -0.456 e. The van der Waals surface area contributed by atoms with E-state index in [9.17, 15) is 0 Å². The molecule has 0 spiro atoms. The third kappa shape index (κ3) is 5.24. The number of rotatable bonds is 6. The van der Waals surface area contributed by atoms with Crippen LogP contribution in [-0.4, -0.2) is 10.4 Å². The van der Waals surface area contributed by atoms with Gasteiger partial charge < -0.3 is 15.0 Å². The first-order chi connectivity index (χ1) is 22.7. The molecule has 0 unspecified atom stereocenters. The molecule has 2 N–H and O–H groups in total. The quantitative estimate of drug-likeness (QED) is 0.154. The first-order valence-corrected chi connectivity index (χ1v) is 15.8. The van der Waals surface area contributed by atoms with E-state index in [4.69, 9.17) is 15.5 Å². The van der Waals surface area contributed by atoms with Crippen molar-refractivity contribution in [1.82, 2.24) is 4.57 Å². The van der Waals surface area contributed by atoms with Crippen molar-refractivity contribution in [2.75, 3.05) is 0 Å². The highest BCUT2D eigenvalue weighted by Crippen LogP contribution is 2.41. The van der Waals surface area contributed by atoms with Crippen LogP contribution in [0.5, 0.6) is 11.5 Å². The number of hydrogen-bond donors (Lipinski definition) is 1. The molecule has 0 fully saturated rings. The predicted molar refractivity (Wildman–Crippen MR) is 192 cm³/mol. The van der Waals surface area contributed by atoms with E-state index in [0.717, 1.165) is 80.8 Å². The van der Waals surface area contributed by atoms with E-state index >= 15 is 0 Å². The van der Waals surface area contributed by atoms with Crippen molar-refractivity contribution in [1.29, 1.82) is 0 Å². The molecular weight excluding hydrogens is 562 g/mol. The molecule has 222 valence electrons. The van der Waals surface area contributed by atoms with E-state index in [0.29, 0.717) is 5.84 Å². The molecule has 0 radical (unpaired) electrons. The van der Waals surface area contributed by atoms with Gasteiger partial charge in [-0.25, -0.2) is 4.99 Å². The molecule has 5 aromatic carbocycles. The van der Waals surface area contributed by atoms with Gasteiger partial charge in [0.25, 0.3) is 0 Å². The van der Waals surface area contributed by atoms with Crippen molar-refractivity contribution in [3.63, 3.8) is 0 Å². The second kappa shape index (κ2) is 11.9. The monoisotopic (exact) mass is 595 g/mol. The Kier molecular flexibility index (Phi) is 7.16.